The molecule has 1 aliphatic carbocycles. The molecular weight excluding hydrogens is 452 g/mol. The zero-order chi connectivity index (χ0) is 23.9. The molecule has 11 heteroatoms. The van der Waals surface area contributed by atoms with Crippen molar-refractivity contribution >= 4 is 44.1 Å². The van der Waals surface area contributed by atoms with Gasteiger partial charge in [0.15, 0.2) is 0 Å². The molecule has 2 aliphatic rings. The fraction of sp³-hybridized carbons (Fsp3) is 0.478. The van der Waals surface area contributed by atoms with Gasteiger partial charge in [0.1, 0.15) is 17.2 Å². The predicted octanol–water partition coefficient (Wildman–Crippen LogP) is 3.25. The van der Waals surface area contributed by atoms with Gasteiger partial charge in [-0.1, -0.05) is 12.8 Å². The topological polar surface area (TPSA) is 120 Å². The van der Waals surface area contributed by atoms with Crippen LogP contribution in [0.3, 0.4) is 0 Å². The summed E-state index contributed by atoms with van der Waals surface area (Å²) < 4.78 is 21.7. The van der Waals surface area contributed by atoms with Crippen molar-refractivity contribution in [1.29, 1.82) is 4.78 Å². The molecule has 1 saturated heterocycles. The molecule has 0 unspecified atom stereocenters. The predicted molar refractivity (Wildman–Crippen MR) is 133 cm³/mol. The summed E-state index contributed by atoms with van der Waals surface area (Å²) in [4.78, 5) is 30.3. The number of aromatic nitrogens is 4. The van der Waals surface area contributed by atoms with Gasteiger partial charge in [-0.2, -0.15) is 4.98 Å². The Hall–Kier alpha value is -3.21. The molecule has 2 N–H and O–H groups in total. The second-order valence-electron chi connectivity index (χ2n) is 9.24. The van der Waals surface area contributed by atoms with Crippen LogP contribution in [-0.4, -0.2) is 73.2 Å². The van der Waals surface area contributed by atoms with Crippen molar-refractivity contribution in [2.24, 2.45) is 0 Å². The zero-order valence-electron chi connectivity index (χ0n) is 19.5. The Bertz CT molecular complexity index is 1300. The number of nitrogens with one attached hydrogen (secondary N) is 2. The third kappa shape index (κ3) is 4.44. The number of fused-ring (bicyclic) bond motifs is 1. The van der Waals surface area contributed by atoms with E-state index in [0.29, 0.717) is 42.1 Å². The third-order valence-corrected chi connectivity index (χ3v) is 8.31. The Balaban J connectivity index is 1.40. The summed E-state index contributed by atoms with van der Waals surface area (Å²) >= 11 is 0. The van der Waals surface area contributed by atoms with Crippen molar-refractivity contribution in [3.8, 4) is 0 Å². The van der Waals surface area contributed by atoms with E-state index < -0.39 is 9.73 Å². The van der Waals surface area contributed by atoms with E-state index in [1.165, 1.54) is 0 Å². The number of carbonyl (C=O) groups excluding carboxylic acids is 1. The molecule has 0 bridgehead atoms. The first-order valence-electron chi connectivity index (χ1n) is 11.6. The largest absolute Gasteiger partial charge is 0.368 e. The number of amides is 1. The lowest BCUT2D eigenvalue weighted by atomic mass is 10.2. The van der Waals surface area contributed by atoms with E-state index in [9.17, 15) is 9.00 Å². The summed E-state index contributed by atoms with van der Waals surface area (Å²) in [6.45, 7) is 1.20. The molecule has 10 nitrogen and oxygen atoms in total. The molecule has 34 heavy (non-hydrogen) atoms. The van der Waals surface area contributed by atoms with Gasteiger partial charge < -0.3 is 19.7 Å². The van der Waals surface area contributed by atoms with Gasteiger partial charge in [-0.3, -0.25) is 9.57 Å². The summed E-state index contributed by atoms with van der Waals surface area (Å²) in [5.74, 6) is 1.80. The standard InChI is InChI=1S/C23H30N8O2S/c1-29(2)22(32)19-13-16-14-26-23(28-21(16)31(19)17-5-3-4-6-17)27-20-8-7-18(15-25-20)30-9-11-34(24,33)12-10-30/h7-8,13-15,17,24H,3-6,9-12H2,1-2H3,(H,25,26,27,28). The van der Waals surface area contributed by atoms with Crippen LogP contribution in [0.4, 0.5) is 17.5 Å². The third-order valence-electron chi connectivity index (χ3n) is 6.63. The number of rotatable bonds is 5. The average molecular weight is 483 g/mol. The molecule has 5 rings (SSSR count). The Kier molecular flexibility index (Phi) is 5.88. The number of anilines is 3. The molecular formula is C23H30N8O2S. The van der Waals surface area contributed by atoms with Gasteiger partial charge in [0.05, 0.1) is 11.9 Å². The molecule has 1 saturated carbocycles. The minimum atomic E-state index is -2.43. The fourth-order valence-corrected chi connectivity index (χ4v) is 5.98. The monoisotopic (exact) mass is 482 g/mol. The maximum atomic E-state index is 12.9. The number of nitrogens with zero attached hydrogens (tertiary/aromatic N) is 6. The molecule has 1 amide bonds. The summed E-state index contributed by atoms with van der Waals surface area (Å²) in [6, 6.07) is 5.98. The summed E-state index contributed by atoms with van der Waals surface area (Å²) in [6.07, 6.45) is 7.92. The molecule has 0 radical (unpaired) electrons. The normalized spacial score (nSPS) is 18.4. The van der Waals surface area contributed by atoms with E-state index in [2.05, 4.69) is 24.8 Å². The van der Waals surface area contributed by atoms with Crippen LogP contribution in [0.25, 0.3) is 11.0 Å². The van der Waals surface area contributed by atoms with E-state index in [-0.39, 0.29) is 11.9 Å². The SMILES string of the molecule is CN(C)C(=O)c1cc2cnc(Nc3ccc(N4CCS(=N)(=O)CC4)cn3)nc2n1C1CCCC1. The summed E-state index contributed by atoms with van der Waals surface area (Å²) in [5, 5.41) is 4.03. The number of hydrogen-bond acceptors (Lipinski definition) is 8. The van der Waals surface area contributed by atoms with Crippen molar-refractivity contribution in [1.82, 2.24) is 24.4 Å². The fourth-order valence-electron chi connectivity index (χ4n) is 4.74. The second-order valence-corrected chi connectivity index (χ2v) is 11.7. The van der Waals surface area contributed by atoms with Gasteiger partial charge in [0.25, 0.3) is 5.91 Å². The molecule has 180 valence electrons. The lowest BCUT2D eigenvalue weighted by Gasteiger charge is -2.29. The van der Waals surface area contributed by atoms with Gasteiger partial charge in [-0.25, -0.2) is 14.2 Å². The van der Waals surface area contributed by atoms with Gasteiger partial charge in [0.2, 0.25) is 5.95 Å². The van der Waals surface area contributed by atoms with Crippen LogP contribution in [0, 0.1) is 4.78 Å². The summed E-state index contributed by atoms with van der Waals surface area (Å²) in [7, 11) is 1.11. The Morgan fingerprint density at radius 2 is 1.88 bits per heavy atom. The maximum absolute atomic E-state index is 12.9. The molecule has 3 aromatic heterocycles. The molecule has 0 spiro atoms. The Morgan fingerprint density at radius 3 is 2.53 bits per heavy atom. The van der Waals surface area contributed by atoms with Crippen LogP contribution in [-0.2, 0) is 9.73 Å². The molecule has 0 aromatic carbocycles. The molecule has 1 aliphatic heterocycles. The van der Waals surface area contributed by atoms with E-state index in [1.807, 2.05) is 18.2 Å². The Morgan fingerprint density at radius 1 is 1.15 bits per heavy atom. The highest BCUT2D eigenvalue weighted by molar-refractivity contribution is 7.92. The molecule has 0 atom stereocenters. The average Bonchev–Trinajstić information content (AvgIpc) is 3.46. The minimum Gasteiger partial charge on any atom is -0.368 e. The van der Waals surface area contributed by atoms with Crippen LogP contribution < -0.4 is 10.2 Å². The highest BCUT2D eigenvalue weighted by Crippen LogP contribution is 2.35. The first-order valence-corrected chi connectivity index (χ1v) is 13.5. The quantitative estimate of drug-likeness (QED) is 0.573. The second kappa shape index (κ2) is 8.86. The van der Waals surface area contributed by atoms with Gasteiger partial charge in [-0.15, -0.1) is 0 Å². The lowest BCUT2D eigenvalue weighted by Crippen LogP contribution is -2.39. The first-order chi connectivity index (χ1) is 16.3. The number of carbonyl (C=O) groups is 1. The maximum Gasteiger partial charge on any atom is 0.270 e. The van der Waals surface area contributed by atoms with Crippen molar-refractivity contribution in [2.75, 3.05) is 48.9 Å². The van der Waals surface area contributed by atoms with E-state index in [0.717, 1.165) is 42.4 Å². The van der Waals surface area contributed by atoms with E-state index >= 15 is 0 Å². The lowest BCUT2D eigenvalue weighted by molar-refractivity contribution is 0.0815. The number of hydrogen-bond donors (Lipinski definition) is 2. The van der Waals surface area contributed by atoms with E-state index in [1.54, 1.807) is 31.4 Å². The van der Waals surface area contributed by atoms with Crippen molar-refractivity contribution in [3.63, 3.8) is 0 Å². The van der Waals surface area contributed by atoms with Crippen LogP contribution in [0.1, 0.15) is 42.2 Å². The van der Waals surface area contributed by atoms with Crippen molar-refractivity contribution in [2.45, 2.75) is 31.7 Å². The van der Waals surface area contributed by atoms with Crippen LogP contribution in [0.2, 0.25) is 0 Å². The molecule has 4 heterocycles. The van der Waals surface area contributed by atoms with Gasteiger partial charge >= 0.3 is 0 Å². The van der Waals surface area contributed by atoms with Gasteiger partial charge in [0, 0.05) is 66.0 Å². The van der Waals surface area contributed by atoms with Crippen molar-refractivity contribution in [3.05, 3.63) is 36.3 Å². The minimum absolute atomic E-state index is 0.0318. The number of pyridine rings is 1. The van der Waals surface area contributed by atoms with Gasteiger partial charge in [-0.05, 0) is 31.0 Å². The molecule has 2 fully saturated rings. The molecule has 3 aromatic rings. The van der Waals surface area contributed by atoms with Crippen LogP contribution >= 0.6 is 0 Å². The van der Waals surface area contributed by atoms with Crippen molar-refractivity contribution < 1.29 is 9.00 Å². The highest BCUT2D eigenvalue weighted by Gasteiger charge is 2.26. The van der Waals surface area contributed by atoms with Crippen LogP contribution in [0.5, 0.6) is 0 Å². The smallest absolute Gasteiger partial charge is 0.270 e. The zero-order valence-corrected chi connectivity index (χ0v) is 20.3. The first kappa shape index (κ1) is 22.6. The summed E-state index contributed by atoms with van der Waals surface area (Å²) in [5.41, 5.74) is 2.36. The Labute approximate surface area is 199 Å². The van der Waals surface area contributed by atoms with E-state index in [4.69, 9.17) is 9.76 Å². The van der Waals surface area contributed by atoms with Crippen LogP contribution in [0.15, 0.2) is 30.6 Å². The highest BCUT2D eigenvalue weighted by atomic mass is 32.2.